The zero-order valence-electron chi connectivity index (χ0n) is 8.29. The molecule has 0 saturated carbocycles. The molecule has 14 heavy (non-hydrogen) atoms. The van der Waals surface area contributed by atoms with Crippen LogP contribution in [-0.4, -0.2) is 12.6 Å². The van der Waals surface area contributed by atoms with E-state index in [9.17, 15) is 4.79 Å². The van der Waals surface area contributed by atoms with Crippen molar-refractivity contribution in [3.05, 3.63) is 35.4 Å². The second-order valence-corrected chi connectivity index (χ2v) is 4.27. The Morgan fingerprint density at radius 3 is 2.50 bits per heavy atom. The van der Waals surface area contributed by atoms with Crippen molar-refractivity contribution in [3.8, 4) is 0 Å². The average molecular weight is 304 g/mol. The second-order valence-electron chi connectivity index (χ2n) is 3.03. The van der Waals surface area contributed by atoms with Crippen LogP contribution in [0.5, 0.6) is 0 Å². The zero-order valence-corrected chi connectivity index (χ0v) is 10.4. The van der Waals surface area contributed by atoms with Crippen molar-refractivity contribution in [2.24, 2.45) is 0 Å². The van der Waals surface area contributed by atoms with Gasteiger partial charge in [-0.3, -0.25) is 4.79 Å². The molecule has 1 aromatic rings. The molecule has 0 fully saturated rings. The molecule has 0 N–H and O–H groups in total. The minimum Gasteiger partial charge on any atom is -0.465 e. The quantitative estimate of drug-likeness (QED) is 0.487. The van der Waals surface area contributed by atoms with Gasteiger partial charge < -0.3 is 4.74 Å². The first-order valence-corrected chi connectivity index (χ1v) is 5.77. The van der Waals surface area contributed by atoms with Crippen LogP contribution in [-0.2, 0) is 9.53 Å². The van der Waals surface area contributed by atoms with Gasteiger partial charge in [0.2, 0.25) is 0 Å². The van der Waals surface area contributed by atoms with Gasteiger partial charge >= 0.3 is 5.97 Å². The fraction of sp³-hybridized carbons (Fsp3) is 0.364. The molecule has 0 amide bonds. The van der Waals surface area contributed by atoms with E-state index < -0.39 is 0 Å². The normalized spacial score (nSPS) is 12.2. The number of esters is 1. The molecule has 0 aromatic heterocycles. The Balaban J connectivity index is 2.73. The smallest absolute Gasteiger partial charge is 0.323 e. The standard InChI is InChI=1S/C11H13IO2/c1-3-14-11(13)10(12)9-6-4-8(2)5-7-9/h4-7,10H,3H2,1-2H3. The maximum absolute atomic E-state index is 11.4. The van der Waals surface area contributed by atoms with Crippen molar-refractivity contribution < 1.29 is 9.53 Å². The maximum Gasteiger partial charge on any atom is 0.323 e. The van der Waals surface area contributed by atoms with Gasteiger partial charge in [0.15, 0.2) is 0 Å². The molecule has 0 spiro atoms. The van der Waals surface area contributed by atoms with Crippen molar-refractivity contribution in [3.63, 3.8) is 0 Å². The Kier molecular flexibility index (Phi) is 4.38. The molecule has 0 radical (unpaired) electrons. The summed E-state index contributed by atoms with van der Waals surface area (Å²) >= 11 is 2.09. The third-order valence-corrected chi connectivity index (χ3v) is 3.09. The van der Waals surface area contributed by atoms with Crippen LogP contribution in [0, 0.1) is 6.92 Å². The molecule has 76 valence electrons. The van der Waals surface area contributed by atoms with Gasteiger partial charge in [0.05, 0.1) is 6.61 Å². The second kappa shape index (κ2) is 5.34. The Morgan fingerprint density at radius 1 is 1.43 bits per heavy atom. The molecule has 0 aliphatic heterocycles. The van der Waals surface area contributed by atoms with Gasteiger partial charge in [0, 0.05) is 0 Å². The lowest BCUT2D eigenvalue weighted by molar-refractivity contribution is -0.142. The minimum atomic E-state index is -0.201. The fourth-order valence-electron chi connectivity index (χ4n) is 1.09. The molecule has 1 rings (SSSR count). The summed E-state index contributed by atoms with van der Waals surface area (Å²) in [5, 5.41) is 0. The molecule has 3 heteroatoms. The SMILES string of the molecule is CCOC(=O)C(I)c1ccc(C)cc1. The molecule has 1 atom stereocenters. The van der Waals surface area contributed by atoms with Crippen LogP contribution in [0.25, 0.3) is 0 Å². The van der Waals surface area contributed by atoms with Crippen molar-refractivity contribution in [1.29, 1.82) is 0 Å². The van der Waals surface area contributed by atoms with E-state index in [1.165, 1.54) is 5.56 Å². The van der Waals surface area contributed by atoms with Gasteiger partial charge in [-0.15, -0.1) is 0 Å². The summed E-state index contributed by atoms with van der Waals surface area (Å²) in [6.45, 7) is 4.27. The Morgan fingerprint density at radius 2 is 2.00 bits per heavy atom. The number of carbonyl (C=O) groups excluding carboxylic acids is 1. The van der Waals surface area contributed by atoms with Crippen LogP contribution in [0.3, 0.4) is 0 Å². The molecule has 0 bridgehead atoms. The summed E-state index contributed by atoms with van der Waals surface area (Å²) in [5.41, 5.74) is 2.19. The van der Waals surface area contributed by atoms with E-state index >= 15 is 0 Å². The first-order chi connectivity index (χ1) is 6.65. The molecule has 0 saturated heterocycles. The molecule has 2 nitrogen and oxygen atoms in total. The van der Waals surface area contributed by atoms with E-state index in [0.29, 0.717) is 6.61 Å². The summed E-state index contributed by atoms with van der Waals surface area (Å²) in [5.74, 6) is -0.169. The van der Waals surface area contributed by atoms with Crippen LogP contribution in [0.2, 0.25) is 0 Å². The van der Waals surface area contributed by atoms with Crippen LogP contribution in [0.1, 0.15) is 22.0 Å². The Hall–Kier alpha value is -0.580. The number of benzene rings is 1. The van der Waals surface area contributed by atoms with Gasteiger partial charge in [0.25, 0.3) is 0 Å². The van der Waals surface area contributed by atoms with E-state index in [1.807, 2.05) is 38.1 Å². The summed E-state index contributed by atoms with van der Waals surface area (Å²) in [4.78, 5) is 11.4. The molecule has 0 aliphatic carbocycles. The van der Waals surface area contributed by atoms with E-state index in [0.717, 1.165) is 5.56 Å². The molecular weight excluding hydrogens is 291 g/mol. The molecule has 1 aromatic carbocycles. The number of carbonyl (C=O) groups is 1. The third kappa shape index (κ3) is 2.97. The van der Waals surface area contributed by atoms with Gasteiger partial charge in [-0.25, -0.2) is 0 Å². The van der Waals surface area contributed by atoms with E-state index in [1.54, 1.807) is 0 Å². The molecule has 0 aliphatic rings. The van der Waals surface area contributed by atoms with Crippen molar-refractivity contribution >= 4 is 28.6 Å². The predicted octanol–water partition coefficient (Wildman–Crippen LogP) is 3.03. The highest BCUT2D eigenvalue weighted by Crippen LogP contribution is 2.24. The lowest BCUT2D eigenvalue weighted by atomic mass is 10.1. The van der Waals surface area contributed by atoms with Crippen molar-refractivity contribution in [1.82, 2.24) is 0 Å². The largest absolute Gasteiger partial charge is 0.465 e. The third-order valence-electron chi connectivity index (χ3n) is 1.86. The van der Waals surface area contributed by atoms with Crippen LogP contribution in [0.4, 0.5) is 0 Å². The van der Waals surface area contributed by atoms with Crippen LogP contribution in [0.15, 0.2) is 24.3 Å². The Labute approximate surface area is 97.8 Å². The first kappa shape index (κ1) is 11.5. The lowest BCUT2D eigenvalue weighted by Gasteiger charge is -2.09. The fourth-order valence-corrected chi connectivity index (χ4v) is 1.68. The first-order valence-electron chi connectivity index (χ1n) is 4.52. The molecular formula is C11H13IO2. The monoisotopic (exact) mass is 304 g/mol. The van der Waals surface area contributed by atoms with Crippen molar-refractivity contribution in [2.45, 2.75) is 17.8 Å². The minimum absolute atomic E-state index is 0.169. The number of hydrogen-bond donors (Lipinski definition) is 0. The van der Waals surface area contributed by atoms with Gasteiger partial charge in [-0.05, 0) is 19.4 Å². The average Bonchev–Trinajstić information content (AvgIpc) is 2.18. The van der Waals surface area contributed by atoms with Crippen LogP contribution < -0.4 is 0 Å². The summed E-state index contributed by atoms with van der Waals surface area (Å²) in [7, 11) is 0. The van der Waals surface area contributed by atoms with E-state index in [2.05, 4.69) is 22.6 Å². The molecule has 1 unspecified atom stereocenters. The lowest BCUT2D eigenvalue weighted by Crippen LogP contribution is -2.10. The van der Waals surface area contributed by atoms with E-state index in [-0.39, 0.29) is 9.89 Å². The van der Waals surface area contributed by atoms with E-state index in [4.69, 9.17) is 4.74 Å². The number of rotatable bonds is 3. The number of hydrogen-bond acceptors (Lipinski definition) is 2. The Bertz CT molecular complexity index is 306. The summed E-state index contributed by atoms with van der Waals surface area (Å²) < 4.78 is 4.74. The van der Waals surface area contributed by atoms with Crippen molar-refractivity contribution in [2.75, 3.05) is 6.61 Å². The van der Waals surface area contributed by atoms with Gasteiger partial charge in [-0.2, -0.15) is 0 Å². The number of ether oxygens (including phenoxy) is 1. The highest BCUT2D eigenvalue weighted by atomic mass is 127. The summed E-state index contributed by atoms with van der Waals surface area (Å²) in [6, 6.07) is 7.92. The van der Waals surface area contributed by atoms with Crippen LogP contribution >= 0.6 is 22.6 Å². The van der Waals surface area contributed by atoms with Gasteiger partial charge in [-0.1, -0.05) is 52.4 Å². The zero-order chi connectivity index (χ0) is 10.6. The number of alkyl halides is 1. The summed E-state index contributed by atoms with van der Waals surface area (Å²) in [6.07, 6.45) is 0. The molecule has 0 heterocycles. The maximum atomic E-state index is 11.4. The predicted molar refractivity (Wildman–Crippen MR) is 64.6 cm³/mol. The number of halogens is 1. The topological polar surface area (TPSA) is 26.3 Å². The highest BCUT2D eigenvalue weighted by molar-refractivity contribution is 14.1. The highest BCUT2D eigenvalue weighted by Gasteiger charge is 2.17. The van der Waals surface area contributed by atoms with Gasteiger partial charge in [0.1, 0.15) is 3.92 Å². The number of aryl methyl sites for hydroxylation is 1.